The van der Waals surface area contributed by atoms with Crippen LogP contribution in [0.1, 0.15) is 12.2 Å². The molecule has 0 radical (unpaired) electrons. The number of hydrogen-bond donors (Lipinski definition) is 0. The molecule has 6 nitrogen and oxygen atoms in total. The van der Waals surface area contributed by atoms with Crippen LogP contribution in [0.2, 0.25) is 0 Å². The molecule has 0 N–H and O–H groups in total. The van der Waals surface area contributed by atoms with E-state index < -0.39 is 0 Å². The molecule has 1 fully saturated rings. The van der Waals surface area contributed by atoms with Crippen LogP contribution in [0.15, 0.2) is 47.1 Å². The first kappa shape index (κ1) is 17.5. The minimum atomic E-state index is -0.280. The van der Waals surface area contributed by atoms with Crippen molar-refractivity contribution in [3.8, 4) is 11.5 Å². The maximum Gasteiger partial charge on any atom is 0.311 e. The van der Waals surface area contributed by atoms with E-state index >= 15 is 0 Å². The maximum absolute atomic E-state index is 11.8. The van der Waals surface area contributed by atoms with Crippen LogP contribution in [0.3, 0.4) is 0 Å². The third-order valence-corrected chi connectivity index (χ3v) is 3.99. The van der Waals surface area contributed by atoms with Crippen molar-refractivity contribution in [1.82, 2.24) is 4.90 Å². The minimum Gasteiger partial charge on any atom is -0.492 e. The number of esters is 1. The third-order valence-electron chi connectivity index (χ3n) is 3.99. The molecule has 3 rings (SSSR count). The highest BCUT2D eigenvalue weighted by molar-refractivity contribution is 5.72. The predicted octanol–water partition coefficient (Wildman–Crippen LogP) is 2.53. The molecular formula is C19H23NO5. The fraction of sp³-hybridized carbons (Fsp3) is 0.421. The van der Waals surface area contributed by atoms with Gasteiger partial charge in [0.25, 0.3) is 0 Å². The van der Waals surface area contributed by atoms with Crippen LogP contribution >= 0.6 is 0 Å². The standard InChI is InChI=1S/C19H23NO5/c21-19(8-7-16-2-1-12-23-16)25-18-5-3-17(4-6-18)24-15-11-20-9-13-22-14-10-20/h1-6,12H,7-11,13-15H2. The van der Waals surface area contributed by atoms with E-state index in [9.17, 15) is 4.79 Å². The van der Waals surface area contributed by atoms with Crippen molar-refractivity contribution in [2.24, 2.45) is 0 Å². The Morgan fingerprint density at radius 1 is 1.08 bits per heavy atom. The number of ether oxygens (including phenoxy) is 3. The van der Waals surface area contributed by atoms with Gasteiger partial charge in [-0.05, 0) is 36.4 Å². The van der Waals surface area contributed by atoms with Gasteiger partial charge in [0, 0.05) is 26.1 Å². The summed E-state index contributed by atoms with van der Waals surface area (Å²) in [6.07, 6.45) is 2.42. The summed E-state index contributed by atoms with van der Waals surface area (Å²) in [7, 11) is 0. The van der Waals surface area contributed by atoms with Gasteiger partial charge in [-0.1, -0.05) is 0 Å². The molecule has 6 heteroatoms. The largest absolute Gasteiger partial charge is 0.492 e. The molecule has 0 atom stereocenters. The second-order valence-electron chi connectivity index (χ2n) is 5.83. The summed E-state index contributed by atoms with van der Waals surface area (Å²) >= 11 is 0. The molecule has 0 spiro atoms. The zero-order valence-electron chi connectivity index (χ0n) is 14.2. The van der Waals surface area contributed by atoms with Gasteiger partial charge in [0.1, 0.15) is 23.9 Å². The second kappa shape index (κ2) is 9.25. The van der Waals surface area contributed by atoms with E-state index in [-0.39, 0.29) is 12.4 Å². The van der Waals surface area contributed by atoms with E-state index in [1.54, 1.807) is 24.5 Å². The average molecular weight is 345 g/mol. The van der Waals surface area contributed by atoms with Crippen molar-refractivity contribution >= 4 is 5.97 Å². The number of furan rings is 1. The van der Waals surface area contributed by atoms with Gasteiger partial charge in [0.15, 0.2) is 0 Å². The lowest BCUT2D eigenvalue weighted by atomic mass is 10.2. The van der Waals surface area contributed by atoms with Gasteiger partial charge in [-0.25, -0.2) is 0 Å². The van der Waals surface area contributed by atoms with Crippen molar-refractivity contribution in [2.75, 3.05) is 39.5 Å². The number of aryl methyl sites for hydroxylation is 1. The zero-order valence-corrected chi connectivity index (χ0v) is 14.2. The lowest BCUT2D eigenvalue weighted by molar-refractivity contribution is -0.134. The van der Waals surface area contributed by atoms with Crippen LogP contribution in [0.4, 0.5) is 0 Å². The number of carbonyl (C=O) groups excluding carboxylic acids is 1. The fourth-order valence-electron chi connectivity index (χ4n) is 2.58. The van der Waals surface area contributed by atoms with Crippen LogP contribution in [-0.4, -0.2) is 50.3 Å². The molecule has 1 aromatic heterocycles. The average Bonchev–Trinajstić information content (AvgIpc) is 3.16. The molecule has 134 valence electrons. The van der Waals surface area contributed by atoms with Gasteiger partial charge in [0.2, 0.25) is 0 Å². The topological polar surface area (TPSA) is 61.1 Å². The van der Waals surface area contributed by atoms with E-state index in [2.05, 4.69) is 4.90 Å². The molecular weight excluding hydrogens is 322 g/mol. The Labute approximate surface area is 147 Å². The van der Waals surface area contributed by atoms with Crippen molar-refractivity contribution in [2.45, 2.75) is 12.8 Å². The number of hydrogen-bond acceptors (Lipinski definition) is 6. The molecule has 0 unspecified atom stereocenters. The Kier molecular flexibility index (Phi) is 6.48. The number of carbonyl (C=O) groups is 1. The van der Waals surface area contributed by atoms with Gasteiger partial charge in [-0.15, -0.1) is 0 Å². The van der Waals surface area contributed by atoms with Gasteiger partial charge < -0.3 is 18.6 Å². The van der Waals surface area contributed by atoms with Crippen molar-refractivity contribution < 1.29 is 23.4 Å². The Hall–Kier alpha value is -2.31. The monoisotopic (exact) mass is 345 g/mol. The normalized spacial score (nSPS) is 15.0. The smallest absolute Gasteiger partial charge is 0.311 e. The van der Waals surface area contributed by atoms with Crippen LogP contribution in [0, 0.1) is 0 Å². The van der Waals surface area contributed by atoms with Crippen LogP contribution in [-0.2, 0) is 16.0 Å². The molecule has 0 aliphatic carbocycles. The zero-order chi connectivity index (χ0) is 17.3. The van der Waals surface area contributed by atoms with E-state index in [4.69, 9.17) is 18.6 Å². The van der Waals surface area contributed by atoms with E-state index in [1.807, 2.05) is 18.2 Å². The van der Waals surface area contributed by atoms with Crippen molar-refractivity contribution in [3.05, 3.63) is 48.4 Å². The van der Waals surface area contributed by atoms with Gasteiger partial charge in [-0.2, -0.15) is 0 Å². The van der Waals surface area contributed by atoms with E-state index in [0.29, 0.717) is 18.8 Å². The van der Waals surface area contributed by atoms with Crippen molar-refractivity contribution in [1.29, 1.82) is 0 Å². The third kappa shape index (κ3) is 5.92. The van der Waals surface area contributed by atoms with Crippen LogP contribution in [0.5, 0.6) is 11.5 Å². The molecule has 1 aromatic carbocycles. The highest BCUT2D eigenvalue weighted by Crippen LogP contribution is 2.18. The predicted molar refractivity (Wildman–Crippen MR) is 91.9 cm³/mol. The van der Waals surface area contributed by atoms with Crippen LogP contribution in [0.25, 0.3) is 0 Å². The quantitative estimate of drug-likeness (QED) is 0.541. The first-order valence-electron chi connectivity index (χ1n) is 8.55. The summed E-state index contributed by atoms with van der Waals surface area (Å²) < 4.78 is 21.6. The molecule has 0 amide bonds. The summed E-state index contributed by atoms with van der Waals surface area (Å²) in [5.41, 5.74) is 0. The Balaban J connectivity index is 1.36. The molecule has 2 heterocycles. The summed E-state index contributed by atoms with van der Waals surface area (Å²) in [4.78, 5) is 14.1. The molecule has 1 aliphatic heterocycles. The second-order valence-corrected chi connectivity index (χ2v) is 5.83. The Bertz CT molecular complexity index is 632. The number of morpholine rings is 1. The fourth-order valence-corrected chi connectivity index (χ4v) is 2.58. The number of benzene rings is 1. The highest BCUT2D eigenvalue weighted by Gasteiger charge is 2.10. The molecule has 25 heavy (non-hydrogen) atoms. The summed E-state index contributed by atoms with van der Waals surface area (Å²) in [6.45, 7) is 5.00. The molecule has 1 saturated heterocycles. The first-order valence-corrected chi connectivity index (χ1v) is 8.55. The molecule has 2 aromatic rings. The van der Waals surface area contributed by atoms with Gasteiger partial charge in [0.05, 0.1) is 25.9 Å². The summed E-state index contributed by atoms with van der Waals surface area (Å²) in [5.74, 6) is 1.78. The van der Waals surface area contributed by atoms with E-state index in [0.717, 1.165) is 44.4 Å². The Morgan fingerprint density at radius 3 is 2.56 bits per heavy atom. The molecule has 1 aliphatic rings. The number of nitrogens with zero attached hydrogens (tertiary/aromatic N) is 1. The highest BCUT2D eigenvalue weighted by atomic mass is 16.5. The summed E-state index contributed by atoms with van der Waals surface area (Å²) in [6, 6.07) is 10.8. The minimum absolute atomic E-state index is 0.280. The lowest BCUT2D eigenvalue weighted by Crippen LogP contribution is -2.38. The summed E-state index contributed by atoms with van der Waals surface area (Å²) in [5, 5.41) is 0. The Morgan fingerprint density at radius 2 is 1.84 bits per heavy atom. The van der Waals surface area contributed by atoms with Gasteiger partial charge >= 0.3 is 5.97 Å². The SMILES string of the molecule is O=C(CCc1ccco1)Oc1ccc(OCCN2CCOCC2)cc1. The maximum atomic E-state index is 11.8. The van der Waals surface area contributed by atoms with Gasteiger partial charge in [-0.3, -0.25) is 9.69 Å². The van der Waals surface area contributed by atoms with Crippen molar-refractivity contribution in [3.63, 3.8) is 0 Å². The molecule has 0 bridgehead atoms. The lowest BCUT2D eigenvalue weighted by Gasteiger charge is -2.26. The molecule has 0 saturated carbocycles. The van der Waals surface area contributed by atoms with E-state index in [1.165, 1.54) is 0 Å². The number of rotatable bonds is 8. The first-order chi connectivity index (χ1) is 12.3. The van der Waals surface area contributed by atoms with Crippen LogP contribution < -0.4 is 9.47 Å².